The van der Waals surface area contributed by atoms with E-state index in [9.17, 15) is 8.42 Å². The number of benzene rings is 1. The van der Waals surface area contributed by atoms with Gasteiger partial charge < -0.3 is 4.18 Å². The molecular weight excluding hydrogens is 283 g/mol. The molecule has 0 heterocycles. The fourth-order valence-corrected chi connectivity index (χ4v) is 2.57. The fourth-order valence-electron chi connectivity index (χ4n) is 0.816. The normalized spacial score (nSPS) is 11.4. The van der Waals surface area contributed by atoms with Gasteiger partial charge in [0.1, 0.15) is 0 Å². The number of alkyl halides is 1. The van der Waals surface area contributed by atoms with E-state index in [0.29, 0.717) is 5.02 Å². The molecule has 0 aromatic heterocycles. The molecule has 0 aliphatic heterocycles. The van der Waals surface area contributed by atoms with E-state index in [1.165, 1.54) is 18.2 Å². The van der Waals surface area contributed by atoms with Crippen LogP contribution < -0.4 is 4.18 Å². The van der Waals surface area contributed by atoms with Crippen molar-refractivity contribution in [3.63, 3.8) is 0 Å². The molecule has 7 heteroatoms. The Labute approximate surface area is 103 Å². The molecule has 84 valence electrons. The van der Waals surface area contributed by atoms with E-state index in [1.54, 1.807) is 0 Å². The Morgan fingerprint density at radius 3 is 2.47 bits per heavy atom. The lowest BCUT2D eigenvalue weighted by atomic mass is 10.3. The SMILES string of the molecule is O=S(=O)(CCCl)Oc1ccc(Cl)cc1Cl. The molecule has 1 rings (SSSR count). The van der Waals surface area contributed by atoms with Crippen molar-refractivity contribution in [1.29, 1.82) is 0 Å². The van der Waals surface area contributed by atoms with Crippen LogP contribution in [0.4, 0.5) is 0 Å². The Morgan fingerprint density at radius 1 is 1.27 bits per heavy atom. The van der Waals surface area contributed by atoms with Crippen molar-refractivity contribution in [1.82, 2.24) is 0 Å². The van der Waals surface area contributed by atoms with Gasteiger partial charge in [-0.3, -0.25) is 0 Å². The zero-order valence-corrected chi connectivity index (χ0v) is 10.5. The molecule has 0 fully saturated rings. The average molecular weight is 290 g/mol. The van der Waals surface area contributed by atoms with Crippen LogP contribution in [0.3, 0.4) is 0 Å². The Kier molecular flexibility index (Phi) is 4.52. The summed E-state index contributed by atoms with van der Waals surface area (Å²) in [4.78, 5) is 0. The lowest BCUT2D eigenvalue weighted by molar-refractivity contribution is 0.488. The minimum atomic E-state index is -3.68. The number of hydrogen-bond acceptors (Lipinski definition) is 3. The van der Waals surface area contributed by atoms with Gasteiger partial charge in [0.15, 0.2) is 5.75 Å². The first-order valence-corrected chi connectivity index (χ1v) is 6.74. The molecular formula is C8H7Cl3O3S. The molecule has 15 heavy (non-hydrogen) atoms. The van der Waals surface area contributed by atoms with E-state index in [0.717, 1.165) is 0 Å². The third kappa shape index (κ3) is 4.07. The van der Waals surface area contributed by atoms with Gasteiger partial charge >= 0.3 is 10.1 Å². The first kappa shape index (κ1) is 12.9. The van der Waals surface area contributed by atoms with Gasteiger partial charge in [-0.2, -0.15) is 8.42 Å². The third-order valence-corrected chi connectivity index (χ3v) is 3.52. The second-order valence-electron chi connectivity index (χ2n) is 2.61. The summed E-state index contributed by atoms with van der Waals surface area (Å²) in [6.45, 7) is 0. The van der Waals surface area contributed by atoms with Crippen LogP contribution in [0.1, 0.15) is 0 Å². The molecule has 0 aliphatic rings. The van der Waals surface area contributed by atoms with Crippen LogP contribution >= 0.6 is 34.8 Å². The minimum absolute atomic E-state index is 0.0342. The van der Waals surface area contributed by atoms with Crippen molar-refractivity contribution in [2.75, 3.05) is 11.6 Å². The summed E-state index contributed by atoms with van der Waals surface area (Å²) in [7, 11) is -3.68. The first-order valence-electron chi connectivity index (χ1n) is 3.88. The molecule has 0 bridgehead atoms. The van der Waals surface area contributed by atoms with Crippen molar-refractivity contribution < 1.29 is 12.6 Å². The summed E-state index contributed by atoms with van der Waals surface area (Å²) < 4.78 is 27.2. The van der Waals surface area contributed by atoms with Gasteiger partial charge in [-0.25, -0.2) is 0 Å². The smallest absolute Gasteiger partial charge is 0.310 e. The van der Waals surface area contributed by atoms with Crippen LogP contribution in [0, 0.1) is 0 Å². The van der Waals surface area contributed by atoms with Crippen LogP contribution in [0.25, 0.3) is 0 Å². The maximum atomic E-state index is 11.2. The molecule has 1 aromatic rings. The molecule has 0 aliphatic carbocycles. The molecule has 0 N–H and O–H groups in total. The summed E-state index contributed by atoms with van der Waals surface area (Å²) >= 11 is 16.7. The van der Waals surface area contributed by atoms with Crippen LogP contribution in [0.5, 0.6) is 5.75 Å². The summed E-state index contributed by atoms with van der Waals surface area (Å²) in [6, 6.07) is 4.27. The number of halogens is 3. The van der Waals surface area contributed by atoms with E-state index in [-0.39, 0.29) is 22.4 Å². The van der Waals surface area contributed by atoms with Gasteiger partial charge in [0.25, 0.3) is 0 Å². The number of rotatable bonds is 4. The Balaban J connectivity index is 2.90. The van der Waals surface area contributed by atoms with Gasteiger partial charge in [-0.15, -0.1) is 11.6 Å². The minimum Gasteiger partial charge on any atom is -0.381 e. The van der Waals surface area contributed by atoms with Crippen LogP contribution in [-0.2, 0) is 10.1 Å². The summed E-state index contributed by atoms with van der Waals surface area (Å²) in [5, 5.41) is 0.544. The second kappa shape index (κ2) is 5.25. The first-order chi connectivity index (χ1) is 6.94. The Bertz CT molecular complexity index is 444. The van der Waals surface area contributed by atoms with Gasteiger partial charge in [0, 0.05) is 10.9 Å². The quantitative estimate of drug-likeness (QED) is 0.632. The summed E-state index contributed by atoms with van der Waals surface area (Å²) in [6.07, 6.45) is 0. The standard InChI is InChI=1S/C8H7Cl3O3S/c9-3-4-15(12,13)14-8-2-1-6(10)5-7(8)11/h1-2,5H,3-4H2. The highest BCUT2D eigenvalue weighted by atomic mass is 35.5. The molecule has 0 amide bonds. The molecule has 0 saturated carbocycles. The summed E-state index contributed by atoms with van der Waals surface area (Å²) in [5.41, 5.74) is 0. The lowest BCUT2D eigenvalue weighted by Gasteiger charge is -2.07. The largest absolute Gasteiger partial charge is 0.381 e. The van der Waals surface area contributed by atoms with Crippen LogP contribution in [-0.4, -0.2) is 20.1 Å². The van der Waals surface area contributed by atoms with E-state index < -0.39 is 10.1 Å². The van der Waals surface area contributed by atoms with E-state index >= 15 is 0 Å². The van der Waals surface area contributed by atoms with Crippen LogP contribution in [0.2, 0.25) is 10.0 Å². The van der Waals surface area contributed by atoms with Crippen molar-refractivity contribution >= 4 is 44.9 Å². The van der Waals surface area contributed by atoms with E-state index in [2.05, 4.69) is 0 Å². The monoisotopic (exact) mass is 288 g/mol. The molecule has 0 spiro atoms. The number of hydrogen-bond donors (Lipinski definition) is 0. The molecule has 1 aromatic carbocycles. The van der Waals surface area contributed by atoms with Gasteiger partial charge in [-0.05, 0) is 18.2 Å². The zero-order chi connectivity index (χ0) is 11.5. The predicted molar refractivity (Wildman–Crippen MR) is 61.6 cm³/mol. The highest BCUT2D eigenvalue weighted by Gasteiger charge is 2.14. The van der Waals surface area contributed by atoms with Crippen molar-refractivity contribution in [3.8, 4) is 5.75 Å². The van der Waals surface area contributed by atoms with E-state index in [4.69, 9.17) is 39.0 Å². The van der Waals surface area contributed by atoms with Crippen molar-refractivity contribution in [2.24, 2.45) is 0 Å². The lowest BCUT2D eigenvalue weighted by Crippen LogP contribution is -2.14. The second-order valence-corrected chi connectivity index (χ2v) is 5.52. The third-order valence-electron chi connectivity index (χ3n) is 1.44. The topological polar surface area (TPSA) is 43.4 Å². The predicted octanol–water partition coefficient (Wildman–Crippen LogP) is 2.94. The summed E-state index contributed by atoms with van der Waals surface area (Å²) in [5.74, 6) is -0.257. The molecule has 0 unspecified atom stereocenters. The molecule has 0 atom stereocenters. The zero-order valence-electron chi connectivity index (χ0n) is 7.41. The van der Waals surface area contributed by atoms with Gasteiger partial charge in [0.05, 0.1) is 10.8 Å². The maximum Gasteiger partial charge on any atom is 0.310 e. The van der Waals surface area contributed by atoms with Gasteiger partial charge in [0.2, 0.25) is 0 Å². The van der Waals surface area contributed by atoms with Crippen LogP contribution in [0.15, 0.2) is 18.2 Å². The van der Waals surface area contributed by atoms with Crippen molar-refractivity contribution in [3.05, 3.63) is 28.2 Å². The molecule has 0 radical (unpaired) electrons. The molecule has 0 saturated heterocycles. The highest BCUT2D eigenvalue weighted by molar-refractivity contribution is 7.87. The Hall–Kier alpha value is -0.160. The van der Waals surface area contributed by atoms with Crippen molar-refractivity contribution in [2.45, 2.75) is 0 Å². The highest BCUT2D eigenvalue weighted by Crippen LogP contribution is 2.28. The Morgan fingerprint density at radius 2 is 1.93 bits per heavy atom. The van der Waals surface area contributed by atoms with E-state index in [1.807, 2.05) is 0 Å². The van der Waals surface area contributed by atoms with Gasteiger partial charge in [-0.1, -0.05) is 23.2 Å². The maximum absolute atomic E-state index is 11.2. The molecule has 3 nitrogen and oxygen atoms in total. The fraction of sp³-hybridized carbons (Fsp3) is 0.250. The average Bonchev–Trinajstić information content (AvgIpc) is 2.09.